The smallest absolute Gasteiger partial charge is 0.253 e. The normalized spacial score (nSPS) is 24.6. The molecule has 1 aliphatic rings. The van der Waals surface area contributed by atoms with Crippen molar-refractivity contribution < 1.29 is 4.79 Å². The van der Waals surface area contributed by atoms with Crippen LogP contribution in [-0.4, -0.2) is 16.8 Å². The maximum atomic E-state index is 12.0. The monoisotopic (exact) mass is 355 g/mol. The zero-order chi connectivity index (χ0) is 12.4. The van der Waals surface area contributed by atoms with Crippen molar-refractivity contribution in [3.63, 3.8) is 0 Å². The quantitative estimate of drug-likeness (QED) is 0.777. The lowest BCUT2D eigenvalue weighted by Gasteiger charge is -2.25. The zero-order valence-corrected chi connectivity index (χ0v) is 12.9. The molecule has 1 aromatic heterocycles. The highest BCUT2D eigenvalue weighted by atomic mass is 79.9. The van der Waals surface area contributed by atoms with Gasteiger partial charge in [0.25, 0.3) is 5.91 Å². The summed E-state index contributed by atoms with van der Waals surface area (Å²) in [6.07, 6.45) is 4.22. The number of hydrogen-bond acceptors (Lipinski definition) is 2. The Morgan fingerprint density at radius 2 is 2.00 bits per heavy atom. The third-order valence-corrected chi connectivity index (χ3v) is 5.30. The lowest BCUT2D eigenvalue weighted by atomic mass is 9.95. The minimum absolute atomic E-state index is 0.115. The van der Waals surface area contributed by atoms with Gasteiger partial charge in [0.2, 0.25) is 0 Å². The van der Waals surface area contributed by atoms with Gasteiger partial charge in [-0.25, -0.2) is 0 Å². The predicted octanol–water partition coefficient (Wildman–Crippen LogP) is 4.49. The fourth-order valence-electron chi connectivity index (χ4n) is 1.96. The summed E-state index contributed by atoms with van der Waals surface area (Å²) in [6, 6.07) is 1.88. The summed E-state index contributed by atoms with van der Waals surface area (Å²) in [5, 5.41) is 3.01. The molecule has 1 amide bonds. The van der Waals surface area contributed by atoms with Crippen LogP contribution < -0.4 is 5.32 Å². The molecule has 0 radical (unpaired) electrons. The van der Waals surface area contributed by atoms with Crippen molar-refractivity contribution in [3.8, 4) is 0 Å². The molecule has 0 atom stereocenters. The topological polar surface area (TPSA) is 29.1 Å². The first kappa shape index (κ1) is 13.7. The van der Waals surface area contributed by atoms with Crippen LogP contribution in [0.15, 0.2) is 6.07 Å². The molecule has 1 N–H and O–H groups in total. The molecule has 0 spiro atoms. The van der Waals surface area contributed by atoms with E-state index in [1.165, 1.54) is 11.3 Å². The Morgan fingerprint density at radius 3 is 2.53 bits per heavy atom. The van der Waals surface area contributed by atoms with Gasteiger partial charge < -0.3 is 5.32 Å². The molecule has 17 heavy (non-hydrogen) atoms. The summed E-state index contributed by atoms with van der Waals surface area (Å²) >= 11 is 16.6. The van der Waals surface area contributed by atoms with Crippen LogP contribution in [0.3, 0.4) is 0 Å². The van der Waals surface area contributed by atoms with E-state index in [0.29, 0.717) is 19.1 Å². The van der Waals surface area contributed by atoms with Gasteiger partial charge >= 0.3 is 0 Å². The third kappa shape index (κ3) is 3.60. The standard InChI is InChI=1S/C11H12BrCl2NOS/c12-6-1-3-7(4-2-6)15-11(16)8-5-9(13)17-10(8)14/h5-7H,1-4H2,(H,15,16). The number of carbonyl (C=O) groups is 1. The summed E-state index contributed by atoms with van der Waals surface area (Å²) in [7, 11) is 0. The van der Waals surface area contributed by atoms with E-state index < -0.39 is 0 Å². The van der Waals surface area contributed by atoms with E-state index in [4.69, 9.17) is 23.2 Å². The Labute approximate surface area is 123 Å². The average molecular weight is 357 g/mol. The van der Waals surface area contributed by atoms with E-state index >= 15 is 0 Å². The van der Waals surface area contributed by atoms with Crippen LogP contribution in [0.2, 0.25) is 8.67 Å². The molecule has 0 aromatic carbocycles. The van der Waals surface area contributed by atoms with E-state index in [-0.39, 0.29) is 11.9 Å². The summed E-state index contributed by atoms with van der Waals surface area (Å²) < 4.78 is 1.01. The van der Waals surface area contributed by atoms with Gasteiger partial charge in [-0.1, -0.05) is 39.1 Å². The number of carbonyl (C=O) groups excluding carboxylic acids is 1. The van der Waals surface area contributed by atoms with Gasteiger partial charge in [-0.15, -0.1) is 11.3 Å². The molecule has 0 unspecified atom stereocenters. The molecule has 6 heteroatoms. The molecule has 2 rings (SSSR count). The molecular formula is C11H12BrCl2NOS. The molecule has 1 fully saturated rings. The zero-order valence-electron chi connectivity index (χ0n) is 9.01. The van der Waals surface area contributed by atoms with Gasteiger partial charge in [0.1, 0.15) is 4.34 Å². The molecule has 0 saturated heterocycles. The first-order chi connectivity index (χ1) is 8.06. The molecule has 0 aliphatic heterocycles. The van der Waals surface area contributed by atoms with Gasteiger partial charge in [0.05, 0.1) is 9.90 Å². The lowest BCUT2D eigenvalue weighted by Crippen LogP contribution is -2.37. The maximum absolute atomic E-state index is 12.0. The summed E-state index contributed by atoms with van der Waals surface area (Å²) in [4.78, 5) is 12.6. The number of nitrogens with one attached hydrogen (secondary N) is 1. The summed E-state index contributed by atoms with van der Waals surface area (Å²) in [5.74, 6) is -0.115. The molecule has 2 nitrogen and oxygen atoms in total. The van der Waals surface area contributed by atoms with E-state index in [9.17, 15) is 4.79 Å². The van der Waals surface area contributed by atoms with Crippen molar-refractivity contribution in [2.75, 3.05) is 0 Å². The highest BCUT2D eigenvalue weighted by Gasteiger charge is 2.22. The first-order valence-electron chi connectivity index (χ1n) is 5.46. The second-order valence-electron chi connectivity index (χ2n) is 4.16. The van der Waals surface area contributed by atoms with Crippen LogP contribution in [0.1, 0.15) is 36.0 Å². The van der Waals surface area contributed by atoms with Gasteiger partial charge in [0.15, 0.2) is 0 Å². The Hall–Kier alpha value is 0.230. The number of rotatable bonds is 2. The van der Waals surface area contributed by atoms with Crippen molar-refractivity contribution in [1.29, 1.82) is 0 Å². The highest BCUT2D eigenvalue weighted by molar-refractivity contribution is 9.09. The van der Waals surface area contributed by atoms with Gasteiger partial charge in [0, 0.05) is 10.9 Å². The molecule has 1 aromatic rings. The van der Waals surface area contributed by atoms with E-state index in [1.54, 1.807) is 6.07 Å². The van der Waals surface area contributed by atoms with E-state index in [1.807, 2.05) is 0 Å². The Morgan fingerprint density at radius 1 is 1.35 bits per heavy atom. The summed E-state index contributed by atoms with van der Waals surface area (Å²) in [6.45, 7) is 0. The van der Waals surface area contributed by atoms with Crippen molar-refractivity contribution in [2.45, 2.75) is 36.6 Å². The van der Waals surface area contributed by atoms with Crippen LogP contribution >= 0.6 is 50.5 Å². The minimum atomic E-state index is -0.115. The van der Waals surface area contributed by atoms with Crippen LogP contribution in [0.5, 0.6) is 0 Å². The predicted molar refractivity (Wildman–Crippen MR) is 76.8 cm³/mol. The first-order valence-corrected chi connectivity index (χ1v) is 7.95. The van der Waals surface area contributed by atoms with Crippen LogP contribution in [-0.2, 0) is 0 Å². The van der Waals surface area contributed by atoms with Crippen molar-refractivity contribution in [1.82, 2.24) is 5.32 Å². The molecule has 1 aliphatic carbocycles. The van der Waals surface area contributed by atoms with Crippen molar-refractivity contribution >= 4 is 56.4 Å². The Kier molecular flexibility index (Phi) is 4.75. The number of thiophene rings is 1. The second-order valence-corrected chi connectivity index (χ2v) is 7.74. The van der Waals surface area contributed by atoms with Crippen LogP contribution in [0, 0.1) is 0 Å². The largest absolute Gasteiger partial charge is 0.349 e. The van der Waals surface area contributed by atoms with E-state index in [0.717, 1.165) is 25.7 Å². The fourth-order valence-corrected chi connectivity index (χ4v) is 3.94. The highest BCUT2D eigenvalue weighted by Crippen LogP contribution is 2.31. The number of halogens is 3. The van der Waals surface area contributed by atoms with Gasteiger partial charge in [-0.2, -0.15) is 0 Å². The SMILES string of the molecule is O=C(NC1CCC(Br)CC1)c1cc(Cl)sc1Cl. The van der Waals surface area contributed by atoms with Crippen LogP contribution in [0.25, 0.3) is 0 Å². The number of alkyl halides is 1. The molecule has 94 valence electrons. The molecule has 0 bridgehead atoms. The third-order valence-electron chi connectivity index (χ3n) is 2.89. The molecule has 1 heterocycles. The number of hydrogen-bond donors (Lipinski definition) is 1. The minimum Gasteiger partial charge on any atom is -0.349 e. The Balaban J connectivity index is 1.95. The Bertz CT molecular complexity index is 416. The summed E-state index contributed by atoms with van der Waals surface area (Å²) in [5.41, 5.74) is 0.489. The van der Waals surface area contributed by atoms with Gasteiger partial charge in [-0.05, 0) is 31.7 Å². The van der Waals surface area contributed by atoms with Crippen molar-refractivity contribution in [2.24, 2.45) is 0 Å². The van der Waals surface area contributed by atoms with Crippen LogP contribution in [0.4, 0.5) is 0 Å². The van der Waals surface area contributed by atoms with E-state index in [2.05, 4.69) is 21.2 Å². The average Bonchev–Trinajstić information content (AvgIpc) is 2.61. The van der Waals surface area contributed by atoms with Gasteiger partial charge in [-0.3, -0.25) is 4.79 Å². The fraction of sp³-hybridized carbons (Fsp3) is 0.545. The lowest BCUT2D eigenvalue weighted by molar-refractivity contribution is 0.0929. The second kappa shape index (κ2) is 5.91. The number of amides is 1. The molecule has 1 saturated carbocycles. The van der Waals surface area contributed by atoms with Crippen molar-refractivity contribution in [3.05, 3.63) is 20.3 Å². The maximum Gasteiger partial charge on any atom is 0.253 e. The molecular weight excluding hydrogens is 345 g/mol.